The van der Waals surface area contributed by atoms with Gasteiger partial charge in [-0.2, -0.15) is 0 Å². The van der Waals surface area contributed by atoms with Gasteiger partial charge < -0.3 is 10.4 Å². The average molecular weight is 349 g/mol. The van der Waals surface area contributed by atoms with Crippen molar-refractivity contribution in [1.82, 2.24) is 5.32 Å². The number of nitrogens with one attached hydrogen (secondary N) is 1. The molecular formula is C11H11Br2NO2. The highest BCUT2D eigenvalue weighted by Crippen LogP contribution is 2.15. The molecule has 0 bridgehead atoms. The molecule has 0 heterocycles. The maximum absolute atomic E-state index is 10.6. The zero-order valence-electron chi connectivity index (χ0n) is 8.36. The third-order valence-electron chi connectivity index (χ3n) is 1.93. The van der Waals surface area contributed by atoms with Gasteiger partial charge >= 0.3 is 6.09 Å². The number of hydrogen-bond acceptors (Lipinski definition) is 1. The van der Waals surface area contributed by atoms with Crippen LogP contribution in [-0.2, 0) is 6.42 Å². The summed E-state index contributed by atoms with van der Waals surface area (Å²) in [6.07, 6.45) is 1.35. The van der Waals surface area contributed by atoms with Crippen molar-refractivity contribution in [2.24, 2.45) is 0 Å². The van der Waals surface area contributed by atoms with Crippen molar-refractivity contribution in [1.29, 1.82) is 0 Å². The molecule has 1 rings (SSSR count). The highest BCUT2D eigenvalue weighted by atomic mass is 79.9. The SMILES string of the molecule is O=C(O)N[C@H](C=C(Br)Br)Cc1ccccc1. The number of carbonyl (C=O) groups is 1. The first-order valence-corrected chi connectivity index (χ1v) is 6.22. The number of hydrogen-bond donors (Lipinski definition) is 2. The van der Waals surface area contributed by atoms with Crippen molar-refractivity contribution in [3.63, 3.8) is 0 Å². The third kappa shape index (κ3) is 5.32. The van der Waals surface area contributed by atoms with Crippen LogP contribution in [0.1, 0.15) is 5.56 Å². The molecule has 1 aromatic carbocycles. The highest BCUT2D eigenvalue weighted by molar-refractivity contribution is 9.28. The molecule has 0 unspecified atom stereocenters. The van der Waals surface area contributed by atoms with Crippen LogP contribution in [0.5, 0.6) is 0 Å². The summed E-state index contributed by atoms with van der Waals surface area (Å²) in [6, 6.07) is 9.46. The van der Waals surface area contributed by atoms with Crippen LogP contribution in [0.15, 0.2) is 39.8 Å². The molecule has 1 amide bonds. The molecule has 0 aliphatic rings. The molecule has 1 atom stereocenters. The van der Waals surface area contributed by atoms with E-state index in [-0.39, 0.29) is 6.04 Å². The van der Waals surface area contributed by atoms with Gasteiger partial charge in [0.15, 0.2) is 0 Å². The molecule has 1 aromatic rings. The molecule has 0 aliphatic heterocycles. The standard InChI is InChI=1S/C11H11Br2NO2/c12-10(13)7-9(14-11(15)16)6-8-4-2-1-3-5-8/h1-5,7,9,14H,6H2,(H,15,16)/t9-/m0/s1. The second-order valence-electron chi connectivity index (χ2n) is 3.20. The van der Waals surface area contributed by atoms with E-state index in [0.717, 1.165) is 8.96 Å². The van der Waals surface area contributed by atoms with E-state index < -0.39 is 6.09 Å². The average Bonchev–Trinajstić information content (AvgIpc) is 2.16. The summed E-state index contributed by atoms with van der Waals surface area (Å²) in [6.45, 7) is 0. The zero-order chi connectivity index (χ0) is 12.0. The Balaban J connectivity index is 2.71. The predicted molar refractivity (Wildman–Crippen MR) is 71.0 cm³/mol. The summed E-state index contributed by atoms with van der Waals surface area (Å²) in [4.78, 5) is 10.6. The van der Waals surface area contributed by atoms with E-state index in [0.29, 0.717) is 6.42 Å². The Hall–Kier alpha value is -0.810. The Morgan fingerprint density at radius 2 is 2.00 bits per heavy atom. The lowest BCUT2D eigenvalue weighted by atomic mass is 10.1. The highest BCUT2D eigenvalue weighted by Gasteiger charge is 2.09. The first kappa shape index (κ1) is 13.3. The molecule has 0 fully saturated rings. The van der Waals surface area contributed by atoms with Gasteiger partial charge in [0.05, 0.1) is 9.43 Å². The fourth-order valence-corrected chi connectivity index (χ4v) is 1.97. The fraction of sp³-hybridized carbons (Fsp3) is 0.182. The molecular weight excluding hydrogens is 338 g/mol. The van der Waals surface area contributed by atoms with Crippen LogP contribution < -0.4 is 5.32 Å². The minimum Gasteiger partial charge on any atom is -0.465 e. The van der Waals surface area contributed by atoms with Crippen LogP contribution in [0.4, 0.5) is 4.79 Å². The molecule has 5 heteroatoms. The van der Waals surface area contributed by atoms with Crippen molar-refractivity contribution < 1.29 is 9.90 Å². The number of rotatable bonds is 4. The van der Waals surface area contributed by atoms with Crippen molar-refractivity contribution in [2.75, 3.05) is 0 Å². The zero-order valence-corrected chi connectivity index (χ0v) is 11.5. The molecule has 3 nitrogen and oxygen atoms in total. The first-order valence-electron chi connectivity index (χ1n) is 4.64. The Kier molecular flexibility index (Phi) is 5.55. The lowest BCUT2D eigenvalue weighted by Gasteiger charge is -2.12. The maximum atomic E-state index is 10.6. The van der Waals surface area contributed by atoms with Gasteiger partial charge in [-0.05, 0) is 49.9 Å². The smallest absolute Gasteiger partial charge is 0.405 e. The summed E-state index contributed by atoms with van der Waals surface area (Å²) in [5, 5.41) is 11.1. The van der Waals surface area contributed by atoms with Crippen molar-refractivity contribution >= 4 is 38.0 Å². The quantitative estimate of drug-likeness (QED) is 0.874. The van der Waals surface area contributed by atoms with Gasteiger partial charge in [-0.3, -0.25) is 0 Å². The van der Waals surface area contributed by atoms with E-state index in [4.69, 9.17) is 5.11 Å². The fourth-order valence-electron chi connectivity index (χ4n) is 1.33. The summed E-state index contributed by atoms with van der Waals surface area (Å²) >= 11 is 6.45. The van der Waals surface area contributed by atoms with Gasteiger partial charge in [0.25, 0.3) is 0 Å². The number of carboxylic acid groups (broad SMARTS) is 1. The number of benzene rings is 1. The van der Waals surface area contributed by atoms with Gasteiger partial charge in [-0.1, -0.05) is 30.3 Å². The van der Waals surface area contributed by atoms with Gasteiger partial charge in [-0.15, -0.1) is 0 Å². The van der Waals surface area contributed by atoms with Crippen molar-refractivity contribution in [3.05, 3.63) is 45.4 Å². The van der Waals surface area contributed by atoms with Crippen LogP contribution in [0.2, 0.25) is 0 Å². The molecule has 0 spiro atoms. The Morgan fingerprint density at radius 3 is 2.50 bits per heavy atom. The van der Waals surface area contributed by atoms with Crippen molar-refractivity contribution in [3.8, 4) is 0 Å². The Bertz CT molecular complexity index is 375. The van der Waals surface area contributed by atoms with Gasteiger partial charge in [-0.25, -0.2) is 4.79 Å². The van der Waals surface area contributed by atoms with E-state index >= 15 is 0 Å². The molecule has 0 aliphatic carbocycles. The Morgan fingerprint density at radius 1 is 1.38 bits per heavy atom. The van der Waals surface area contributed by atoms with Gasteiger partial charge in [0.2, 0.25) is 0 Å². The van der Waals surface area contributed by atoms with E-state index in [1.54, 1.807) is 6.08 Å². The maximum Gasteiger partial charge on any atom is 0.405 e. The van der Waals surface area contributed by atoms with E-state index in [1.165, 1.54) is 0 Å². The summed E-state index contributed by atoms with van der Waals surface area (Å²) in [5.74, 6) is 0. The molecule has 16 heavy (non-hydrogen) atoms. The topological polar surface area (TPSA) is 49.3 Å². The molecule has 2 N–H and O–H groups in total. The predicted octanol–water partition coefficient (Wildman–Crippen LogP) is 3.50. The first-order chi connectivity index (χ1) is 7.58. The van der Waals surface area contributed by atoms with E-state index in [1.807, 2.05) is 30.3 Å². The van der Waals surface area contributed by atoms with E-state index in [2.05, 4.69) is 37.2 Å². The molecule has 86 valence electrons. The van der Waals surface area contributed by atoms with E-state index in [9.17, 15) is 4.79 Å². The summed E-state index contributed by atoms with van der Waals surface area (Å²) < 4.78 is 0.731. The van der Waals surface area contributed by atoms with Gasteiger partial charge in [0, 0.05) is 0 Å². The molecule has 0 saturated carbocycles. The second-order valence-corrected chi connectivity index (χ2v) is 5.97. The normalized spacial score (nSPS) is 11.6. The summed E-state index contributed by atoms with van der Waals surface area (Å²) in [7, 11) is 0. The molecule has 0 radical (unpaired) electrons. The minimum absolute atomic E-state index is 0.256. The van der Waals surface area contributed by atoms with Crippen molar-refractivity contribution in [2.45, 2.75) is 12.5 Å². The number of halogens is 2. The second kappa shape index (κ2) is 6.70. The van der Waals surface area contributed by atoms with Crippen LogP contribution >= 0.6 is 31.9 Å². The van der Waals surface area contributed by atoms with Crippen LogP contribution in [0, 0.1) is 0 Å². The Labute approximate surface area is 111 Å². The molecule has 0 saturated heterocycles. The minimum atomic E-state index is -1.03. The van der Waals surface area contributed by atoms with Crippen LogP contribution in [0.25, 0.3) is 0 Å². The van der Waals surface area contributed by atoms with Crippen LogP contribution in [0.3, 0.4) is 0 Å². The van der Waals surface area contributed by atoms with Crippen LogP contribution in [-0.4, -0.2) is 17.2 Å². The monoisotopic (exact) mass is 347 g/mol. The lowest BCUT2D eigenvalue weighted by Crippen LogP contribution is -2.33. The largest absolute Gasteiger partial charge is 0.465 e. The lowest BCUT2D eigenvalue weighted by molar-refractivity contribution is 0.192. The third-order valence-corrected chi connectivity index (χ3v) is 2.46. The van der Waals surface area contributed by atoms with Gasteiger partial charge in [0.1, 0.15) is 0 Å². The molecule has 0 aromatic heterocycles. The number of amides is 1. The summed E-state index contributed by atoms with van der Waals surface area (Å²) in [5.41, 5.74) is 1.08.